The molecule has 0 saturated heterocycles. The number of pyridine rings is 1. The number of hydrogen-bond donors (Lipinski definition) is 2. The molecule has 2 aromatic carbocycles. The van der Waals surface area contributed by atoms with Gasteiger partial charge in [0, 0.05) is 41.8 Å². The highest BCUT2D eigenvalue weighted by Gasteiger charge is 2.29. The van der Waals surface area contributed by atoms with E-state index in [0.29, 0.717) is 49.7 Å². The van der Waals surface area contributed by atoms with Crippen LogP contribution in [-0.4, -0.2) is 33.1 Å². The molecule has 1 aliphatic rings. The summed E-state index contributed by atoms with van der Waals surface area (Å²) >= 11 is 0. The number of nitrogens with one attached hydrogen (secondary N) is 1. The van der Waals surface area contributed by atoms with Gasteiger partial charge in [0.25, 0.3) is 11.6 Å². The Hall–Kier alpha value is -3.38. The minimum Gasteiger partial charge on any atom is -0.481 e. The van der Waals surface area contributed by atoms with Gasteiger partial charge >= 0.3 is 5.97 Å². The summed E-state index contributed by atoms with van der Waals surface area (Å²) in [6.45, 7) is 0.826. The normalized spacial score (nSPS) is 18.2. The second-order valence-corrected chi connectivity index (χ2v) is 10.5. The molecular formula is C28H28F2N3O3P. The van der Waals surface area contributed by atoms with Crippen molar-refractivity contribution < 1.29 is 23.5 Å². The molecule has 5 rings (SSSR count). The molecule has 1 amide bonds. The summed E-state index contributed by atoms with van der Waals surface area (Å²) in [6, 6.07) is 14.2. The van der Waals surface area contributed by atoms with Crippen molar-refractivity contribution in [2.24, 2.45) is 11.8 Å². The van der Waals surface area contributed by atoms with Crippen LogP contribution < -0.4 is 5.32 Å². The smallest absolute Gasteiger partial charge is 0.306 e. The van der Waals surface area contributed by atoms with Gasteiger partial charge in [0.1, 0.15) is 0 Å². The highest BCUT2D eigenvalue weighted by molar-refractivity contribution is 7.17. The van der Waals surface area contributed by atoms with E-state index in [2.05, 4.69) is 10.3 Å². The fourth-order valence-electron chi connectivity index (χ4n) is 5.28. The summed E-state index contributed by atoms with van der Waals surface area (Å²) in [5.41, 5.74) is -0.781. The number of halogens is 2. The number of rotatable bonds is 7. The standard InChI is InChI=1S/C28H28F2N3O3P/c29-28(30,37)21-13-19-10-12-33(16-20-3-1-5-24-22(20)4-2-11-31-24)25(19)23(14-21)26(34)32-15-17-6-8-18(9-7-17)27(35)36/h1-5,10-14,17-18H,6-9,15-16,37H2,(H,32,34)(H,35,36)/t17-,18-. The summed E-state index contributed by atoms with van der Waals surface area (Å²) in [5.74, 6) is -1.36. The topological polar surface area (TPSA) is 84.2 Å². The average Bonchev–Trinajstić information content (AvgIpc) is 3.29. The van der Waals surface area contributed by atoms with Gasteiger partial charge in [0.15, 0.2) is 0 Å². The number of amides is 1. The van der Waals surface area contributed by atoms with E-state index in [4.69, 9.17) is 0 Å². The molecule has 192 valence electrons. The molecule has 1 saturated carbocycles. The van der Waals surface area contributed by atoms with Crippen molar-refractivity contribution in [3.8, 4) is 0 Å². The first-order chi connectivity index (χ1) is 17.7. The van der Waals surface area contributed by atoms with Crippen LogP contribution in [0.3, 0.4) is 0 Å². The monoisotopic (exact) mass is 523 g/mol. The van der Waals surface area contributed by atoms with Crippen molar-refractivity contribution in [3.63, 3.8) is 0 Å². The molecule has 2 N–H and O–H groups in total. The molecule has 9 heteroatoms. The van der Waals surface area contributed by atoms with Crippen LogP contribution in [0.2, 0.25) is 0 Å². The Morgan fingerprint density at radius 1 is 1.11 bits per heavy atom. The van der Waals surface area contributed by atoms with Crippen molar-refractivity contribution in [1.82, 2.24) is 14.9 Å². The Labute approximate surface area is 215 Å². The van der Waals surface area contributed by atoms with Crippen LogP contribution in [0.4, 0.5) is 8.78 Å². The number of carbonyl (C=O) groups is 2. The van der Waals surface area contributed by atoms with Gasteiger partial charge in [-0.05, 0) is 67.5 Å². The number of fused-ring (bicyclic) bond motifs is 2. The van der Waals surface area contributed by atoms with Gasteiger partial charge in [-0.2, -0.15) is 8.78 Å². The maximum atomic E-state index is 14.3. The molecule has 2 aromatic heterocycles. The minimum absolute atomic E-state index is 0.163. The van der Waals surface area contributed by atoms with Crippen molar-refractivity contribution >= 4 is 42.9 Å². The van der Waals surface area contributed by atoms with Gasteiger partial charge in [-0.3, -0.25) is 14.6 Å². The third-order valence-corrected chi connectivity index (χ3v) is 7.65. The van der Waals surface area contributed by atoms with E-state index in [1.165, 1.54) is 12.1 Å². The van der Waals surface area contributed by atoms with Crippen LogP contribution in [0.15, 0.2) is 60.9 Å². The van der Waals surface area contributed by atoms with Crippen molar-refractivity contribution in [2.45, 2.75) is 37.9 Å². The molecule has 4 aromatic rings. The third-order valence-electron chi connectivity index (χ3n) is 7.31. The lowest BCUT2D eigenvalue weighted by molar-refractivity contribution is -0.143. The zero-order chi connectivity index (χ0) is 26.2. The van der Waals surface area contributed by atoms with Gasteiger partial charge < -0.3 is 15.0 Å². The molecular weight excluding hydrogens is 495 g/mol. The lowest BCUT2D eigenvalue weighted by Crippen LogP contribution is -2.32. The average molecular weight is 524 g/mol. The number of aliphatic carboxylic acids is 1. The largest absolute Gasteiger partial charge is 0.481 e. The molecule has 1 fully saturated rings. The number of alkyl halides is 2. The molecule has 1 aliphatic carbocycles. The van der Waals surface area contributed by atoms with Gasteiger partial charge in [0.2, 0.25) is 0 Å². The Bertz CT molecular complexity index is 1470. The maximum absolute atomic E-state index is 14.3. The molecule has 0 bridgehead atoms. The van der Waals surface area contributed by atoms with E-state index >= 15 is 0 Å². The fraction of sp³-hybridized carbons (Fsp3) is 0.321. The Kier molecular flexibility index (Phi) is 6.95. The predicted molar refractivity (Wildman–Crippen MR) is 142 cm³/mol. The Morgan fingerprint density at radius 2 is 1.89 bits per heavy atom. The highest BCUT2D eigenvalue weighted by Crippen LogP contribution is 2.38. The zero-order valence-electron chi connectivity index (χ0n) is 20.2. The van der Waals surface area contributed by atoms with E-state index in [0.717, 1.165) is 16.5 Å². The predicted octanol–water partition coefficient (Wildman–Crippen LogP) is 5.78. The first kappa shape index (κ1) is 25.3. The summed E-state index contributed by atoms with van der Waals surface area (Å²) in [6.07, 6.45) is 6.13. The number of benzene rings is 2. The second kappa shape index (κ2) is 10.2. The van der Waals surface area contributed by atoms with Crippen LogP contribution in [0.25, 0.3) is 21.8 Å². The number of aromatic nitrogens is 2. The lowest BCUT2D eigenvalue weighted by Gasteiger charge is -2.26. The van der Waals surface area contributed by atoms with Gasteiger partial charge in [-0.15, -0.1) is 0 Å². The summed E-state index contributed by atoms with van der Waals surface area (Å²) in [4.78, 5) is 29.0. The quantitative estimate of drug-likeness (QED) is 0.301. The highest BCUT2D eigenvalue weighted by atomic mass is 31.0. The summed E-state index contributed by atoms with van der Waals surface area (Å²) in [7, 11) is 1.54. The van der Waals surface area contributed by atoms with Crippen LogP contribution in [0, 0.1) is 11.8 Å². The number of carboxylic acid groups (broad SMARTS) is 1. The molecule has 0 radical (unpaired) electrons. The number of carboxylic acids is 1. The van der Waals surface area contributed by atoms with Crippen LogP contribution in [0.5, 0.6) is 0 Å². The summed E-state index contributed by atoms with van der Waals surface area (Å²) < 4.78 is 30.5. The van der Waals surface area contributed by atoms with E-state index in [1.54, 1.807) is 21.5 Å². The Morgan fingerprint density at radius 3 is 2.62 bits per heavy atom. The van der Waals surface area contributed by atoms with E-state index < -0.39 is 17.5 Å². The van der Waals surface area contributed by atoms with Crippen LogP contribution in [0.1, 0.15) is 47.2 Å². The Balaban J connectivity index is 1.46. The second-order valence-electron chi connectivity index (χ2n) is 9.78. The molecule has 37 heavy (non-hydrogen) atoms. The molecule has 0 aliphatic heterocycles. The molecule has 1 atom stereocenters. The van der Waals surface area contributed by atoms with Gasteiger partial charge in [-0.25, -0.2) is 0 Å². The number of hydrogen-bond acceptors (Lipinski definition) is 3. The van der Waals surface area contributed by atoms with Crippen LogP contribution in [-0.2, 0) is 17.0 Å². The molecule has 0 spiro atoms. The first-order valence-electron chi connectivity index (χ1n) is 12.3. The molecule has 2 heterocycles. The molecule has 6 nitrogen and oxygen atoms in total. The maximum Gasteiger partial charge on any atom is 0.306 e. The van der Waals surface area contributed by atoms with Crippen LogP contribution >= 0.6 is 9.24 Å². The SMILES string of the molecule is O=C(NC[C@H]1CC[C@H](C(=O)O)CC1)c1cc(C(F)(F)P)cc2ccn(Cc3cccc4ncccc34)c12. The zero-order valence-corrected chi connectivity index (χ0v) is 21.3. The minimum atomic E-state index is -3.18. The van der Waals surface area contributed by atoms with Gasteiger partial charge in [0.05, 0.1) is 22.5 Å². The third kappa shape index (κ3) is 5.35. The van der Waals surface area contributed by atoms with Crippen molar-refractivity contribution in [3.05, 3.63) is 77.6 Å². The van der Waals surface area contributed by atoms with Gasteiger partial charge in [-0.1, -0.05) is 27.4 Å². The lowest BCUT2D eigenvalue weighted by atomic mass is 9.82. The van der Waals surface area contributed by atoms with E-state index in [9.17, 15) is 23.5 Å². The molecule has 1 unspecified atom stereocenters. The first-order valence-corrected chi connectivity index (χ1v) is 12.9. The summed E-state index contributed by atoms with van der Waals surface area (Å²) in [5, 5.41) is 13.7. The van der Waals surface area contributed by atoms with E-state index in [-0.39, 0.29) is 23.0 Å². The fourth-order valence-corrected chi connectivity index (χ4v) is 5.45. The van der Waals surface area contributed by atoms with E-state index in [1.807, 2.05) is 41.1 Å². The van der Waals surface area contributed by atoms with Crippen molar-refractivity contribution in [2.75, 3.05) is 6.54 Å². The number of nitrogens with zero attached hydrogens (tertiary/aromatic N) is 2. The van der Waals surface area contributed by atoms with Crippen molar-refractivity contribution in [1.29, 1.82) is 0 Å². The number of carbonyl (C=O) groups excluding carboxylic acids is 1.